The summed E-state index contributed by atoms with van der Waals surface area (Å²) in [4.78, 5) is 47.7. The molecule has 24 heavy (non-hydrogen) atoms. The molecule has 0 radical (unpaired) electrons. The fourth-order valence-electron chi connectivity index (χ4n) is 2.13. The van der Waals surface area contributed by atoms with Crippen LogP contribution < -0.4 is 0 Å². The van der Waals surface area contributed by atoms with Crippen molar-refractivity contribution in [3.05, 3.63) is 10.4 Å². The van der Waals surface area contributed by atoms with Crippen LogP contribution in [0.4, 0.5) is 0 Å². The average molecular weight is 345 g/mol. The van der Waals surface area contributed by atoms with Crippen molar-refractivity contribution in [3.63, 3.8) is 0 Å². The zero-order chi connectivity index (χ0) is 18.4. The summed E-state index contributed by atoms with van der Waals surface area (Å²) in [7, 11) is 0. The van der Waals surface area contributed by atoms with Gasteiger partial charge in [0.1, 0.15) is 0 Å². The van der Waals surface area contributed by atoms with E-state index in [9.17, 15) is 24.3 Å². The number of rotatable bonds is 5. The molecule has 12 heteroatoms. The number of carbonyl (C=O) groups is 4. The predicted octanol–water partition coefficient (Wildman–Crippen LogP) is -0.0987. The maximum absolute atomic E-state index is 11.4. The molecule has 0 amide bonds. The molecule has 1 heterocycles. The molecule has 1 fully saturated rings. The molecule has 132 valence electrons. The molecular weight excluding hydrogens is 330 g/mol. The van der Waals surface area contributed by atoms with Crippen LogP contribution in [-0.2, 0) is 38.1 Å². The Morgan fingerprint density at radius 1 is 0.958 bits per heavy atom. The Hall–Kier alpha value is -2.85. The molecule has 0 aromatic heterocycles. The van der Waals surface area contributed by atoms with Crippen molar-refractivity contribution in [2.24, 2.45) is 5.11 Å². The smallest absolute Gasteiger partial charge is 0.336 e. The first kappa shape index (κ1) is 19.2. The molecule has 0 bridgehead atoms. The first-order valence-corrected chi connectivity index (χ1v) is 6.61. The Balaban J connectivity index is 3.35. The quantitative estimate of drug-likeness (QED) is 0.234. The molecule has 1 aliphatic heterocycles. The number of carboxylic acids is 1. The van der Waals surface area contributed by atoms with Gasteiger partial charge in [0.15, 0.2) is 30.6 Å². The van der Waals surface area contributed by atoms with E-state index in [1.165, 1.54) is 0 Å². The average Bonchev–Trinajstić information content (AvgIpc) is 2.43. The number of aliphatic carboxylic acids is 1. The van der Waals surface area contributed by atoms with Crippen LogP contribution in [0.15, 0.2) is 5.11 Å². The Bertz CT molecular complexity index is 558. The number of carbonyl (C=O) groups excluding carboxylic acids is 3. The van der Waals surface area contributed by atoms with Gasteiger partial charge in [0.05, 0.1) is 0 Å². The van der Waals surface area contributed by atoms with E-state index >= 15 is 0 Å². The zero-order valence-corrected chi connectivity index (χ0v) is 12.9. The molecule has 5 unspecified atom stereocenters. The van der Waals surface area contributed by atoms with Crippen LogP contribution in [0.25, 0.3) is 10.4 Å². The lowest BCUT2D eigenvalue weighted by atomic mass is 9.97. The fraction of sp³-hybridized carbons (Fsp3) is 0.667. The maximum atomic E-state index is 11.4. The summed E-state index contributed by atoms with van der Waals surface area (Å²) in [5.74, 6) is -4.14. The van der Waals surface area contributed by atoms with Crippen molar-refractivity contribution < 1.29 is 43.2 Å². The van der Waals surface area contributed by atoms with E-state index in [4.69, 9.17) is 24.5 Å². The molecule has 0 aromatic carbocycles. The van der Waals surface area contributed by atoms with Crippen LogP contribution in [0.2, 0.25) is 0 Å². The van der Waals surface area contributed by atoms with Crippen molar-refractivity contribution in [3.8, 4) is 0 Å². The van der Waals surface area contributed by atoms with Crippen LogP contribution in [0, 0.1) is 0 Å². The second kappa shape index (κ2) is 8.13. The Labute approximate surface area is 135 Å². The fourth-order valence-corrected chi connectivity index (χ4v) is 2.13. The first-order valence-electron chi connectivity index (χ1n) is 6.61. The molecule has 1 N–H and O–H groups in total. The molecule has 1 saturated heterocycles. The highest BCUT2D eigenvalue weighted by atomic mass is 16.7. The highest BCUT2D eigenvalue weighted by Gasteiger charge is 2.54. The van der Waals surface area contributed by atoms with Crippen molar-refractivity contribution in [1.29, 1.82) is 0 Å². The topological polar surface area (TPSA) is 174 Å². The molecule has 5 atom stereocenters. The lowest BCUT2D eigenvalue weighted by Gasteiger charge is -2.41. The molecule has 1 aliphatic rings. The summed E-state index contributed by atoms with van der Waals surface area (Å²) in [6, 6.07) is 0. The summed E-state index contributed by atoms with van der Waals surface area (Å²) in [6.07, 6.45) is -8.06. The van der Waals surface area contributed by atoms with Crippen LogP contribution >= 0.6 is 0 Å². The van der Waals surface area contributed by atoms with E-state index in [2.05, 4.69) is 10.0 Å². The van der Waals surface area contributed by atoms with Gasteiger partial charge in [0, 0.05) is 25.7 Å². The van der Waals surface area contributed by atoms with Gasteiger partial charge in [-0.25, -0.2) is 4.79 Å². The molecule has 0 aromatic rings. The van der Waals surface area contributed by atoms with Gasteiger partial charge in [-0.15, -0.1) is 0 Å². The Morgan fingerprint density at radius 2 is 1.42 bits per heavy atom. The van der Waals surface area contributed by atoms with Crippen molar-refractivity contribution in [1.82, 2.24) is 0 Å². The van der Waals surface area contributed by atoms with Crippen LogP contribution in [0.1, 0.15) is 20.8 Å². The third-order valence-electron chi connectivity index (χ3n) is 2.83. The number of hydrogen-bond donors (Lipinski definition) is 1. The Kier molecular flexibility index (Phi) is 6.50. The van der Waals surface area contributed by atoms with E-state index in [0.29, 0.717) is 0 Å². The molecular formula is C12H15N3O9. The highest BCUT2D eigenvalue weighted by Crippen LogP contribution is 2.29. The third kappa shape index (κ3) is 4.83. The van der Waals surface area contributed by atoms with E-state index in [1.807, 2.05) is 0 Å². The van der Waals surface area contributed by atoms with Gasteiger partial charge in [0.25, 0.3) is 0 Å². The van der Waals surface area contributed by atoms with Gasteiger partial charge < -0.3 is 24.1 Å². The molecule has 0 spiro atoms. The minimum atomic E-state index is -1.81. The monoisotopic (exact) mass is 345 g/mol. The number of hydrogen-bond acceptors (Lipinski definition) is 9. The van der Waals surface area contributed by atoms with Gasteiger partial charge in [0.2, 0.25) is 0 Å². The molecule has 0 aliphatic carbocycles. The maximum Gasteiger partial charge on any atom is 0.336 e. The number of ether oxygens (including phenoxy) is 4. The number of carboxylic acid groups (broad SMARTS) is 1. The third-order valence-corrected chi connectivity index (χ3v) is 2.83. The lowest BCUT2D eigenvalue weighted by Crippen LogP contribution is -2.62. The van der Waals surface area contributed by atoms with E-state index in [0.717, 1.165) is 20.8 Å². The first-order chi connectivity index (χ1) is 11.2. The van der Waals surface area contributed by atoms with Gasteiger partial charge >= 0.3 is 23.9 Å². The summed E-state index contributed by atoms with van der Waals surface area (Å²) in [6.45, 7) is 3.05. The SMILES string of the molecule is CC(=O)OC1C(N=[N+]=[N-])OC(C(=O)O)C(OC(C)=O)C1OC(C)=O. The lowest BCUT2D eigenvalue weighted by molar-refractivity contribution is -0.246. The van der Waals surface area contributed by atoms with Crippen molar-refractivity contribution in [2.75, 3.05) is 0 Å². The second-order valence-electron chi connectivity index (χ2n) is 4.71. The van der Waals surface area contributed by atoms with Crippen molar-refractivity contribution in [2.45, 2.75) is 51.4 Å². The van der Waals surface area contributed by atoms with Crippen LogP contribution in [0.5, 0.6) is 0 Å². The molecule has 1 rings (SSSR count). The summed E-state index contributed by atoms with van der Waals surface area (Å²) < 4.78 is 19.8. The Morgan fingerprint density at radius 3 is 1.83 bits per heavy atom. The summed E-state index contributed by atoms with van der Waals surface area (Å²) in [5, 5.41) is 12.4. The number of nitrogens with zero attached hydrogens (tertiary/aromatic N) is 3. The highest BCUT2D eigenvalue weighted by molar-refractivity contribution is 5.75. The standard InChI is InChI=1S/C12H15N3O9/c1-4(16)21-7-8(22-5(2)17)10(12(19)20)24-11(14-15-13)9(7)23-6(3)18/h7-11H,1-3H3,(H,19,20). The van der Waals surface area contributed by atoms with Gasteiger partial charge in [-0.3, -0.25) is 14.4 Å². The largest absolute Gasteiger partial charge is 0.479 e. The summed E-state index contributed by atoms with van der Waals surface area (Å²) in [5.41, 5.74) is 8.57. The van der Waals surface area contributed by atoms with E-state index in [1.54, 1.807) is 0 Å². The number of esters is 3. The minimum absolute atomic E-state index is 0.839. The van der Waals surface area contributed by atoms with Crippen LogP contribution in [-0.4, -0.2) is 59.6 Å². The minimum Gasteiger partial charge on any atom is -0.479 e. The molecule has 12 nitrogen and oxygen atoms in total. The second-order valence-corrected chi connectivity index (χ2v) is 4.71. The van der Waals surface area contributed by atoms with Gasteiger partial charge in [-0.05, 0) is 5.53 Å². The van der Waals surface area contributed by atoms with E-state index in [-0.39, 0.29) is 0 Å². The van der Waals surface area contributed by atoms with Gasteiger partial charge in [-0.2, -0.15) is 0 Å². The molecule has 0 saturated carbocycles. The van der Waals surface area contributed by atoms with Crippen LogP contribution in [0.3, 0.4) is 0 Å². The van der Waals surface area contributed by atoms with Crippen molar-refractivity contribution >= 4 is 23.9 Å². The van der Waals surface area contributed by atoms with E-state index < -0.39 is 54.5 Å². The predicted molar refractivity (Wildman–Crippen MR) is 72.1 cm³/mol. The normalized spacial score (nSPS) is 28.9. The summed E-state index contributed by atoms with van der Waals surface area (Å²) >= 11 is 0. The zero-order valence-electron chi connectivity index (χ0n) is 12.9. The number of azide groups is 1. The van der Waals surface area contributed by atoms with Gasteiger partial charge in [-0.1, -0.05) is 5.11 Å².